The van der Waals surface area contributed by atoms with E-state index in [0.717, 1.165) is 0 Å². The van der Waals surface area contributed by atoms with Crippen LogP contribution in [-0.2, 0) is 0 Å². The molecule has 0 rings (SSSR count). The maximum absolute atomic E-state index is 4.62. The molecule has 0 aliphatic heterocycles. The molecule has 0 bridgehead atoms. The molecule has 0 aromatic heterocycles. The van der Waals surface area contributed by atoms with Crippen molar-refractivity contribution in [3.8, 4) is 0 Å². The Morgan fingerprint density at radius 3 is 1.60 bits per heavy atom. The van der Waals surface area contributed by atoms with Crippen LogP contribution < -0.4 is 11.5 Å². The van der Waals surface area contributed by atoms with Gasteiger partial charge in [-0.05, 0) is 12.2 Å². The predicted octanol–water partition coefficient (Wildman–Crippen LogP) is -0.121. The van der Waals surface area contributed by atoms with Crippen molar-refractivity contribution < 1.29 is 1.43 Å². The lowest BCUT2D eigenvalue weighted by atomic mass is 11.3. The molecule has 0 heterocycles. The second-order valence-electron chi connectivity index (χ2n) is 0.402. The van der Waals surface area contributed by atoms with Crippen LogP contribution in [0.4, 0.5) is 0 Å². The van der Waals surface area contributed by atoms with Gasteiger partial charge >= 0.3 is 1.43 Å². The van der Waals surface area contributed by atoms with Crippen LogP contribution >= 0.6 is 29.2 Å². The molecule has 0 spiro atoms. The maximum atomic E-state index is 4.62. The lowest BCUT2D eigenvalue weighted by Crippen LogP contribution is -2.18. The fraction of sp³-hybridized carbons (Fsp3) is 0. The van der Waals surface area contributed by atoms with Crippen molar-refractivity contribution in [3.63, 3.8) is 0 Å². The highest BCUT2D eigenvalue weighted by molar-refractivity contribution is 8.93. The minimum atomic E-state index is 0. The summed E-state index contributed by atoms with van der Waals surface area (Å²) in [6, 6.07) is 0. The Kier molecular flexibility index (Phi) is 7.46. The van der Waals surface area contributed by atoms with Gasteiger partial charge in [-0.3, -0.25) is 0 Å². The zero-order valence-electron chi connectivity index (χ0n) is 3.47. The van der Waals surface area contributed by atoms with E-state index < -0.39 is 0 Å². The summed E-state index contributed by atoms with van der Waals surface area (Å²) in [5, 5.41) is 0.000000000000000222. The van der Waals surface area contributed by atoms with Crippen LogP contribution in [0.25, 0.3) is 0 Å². The summed E-state index contributed by atoms with van der Waals surface area (Å²) in [6.45, 7) is 0. The van der Waals surface area contributed by atoms with Crippen molar-refractivity contribution in [1.29, 1.82) is 0 Å². The van der Waals surface area contributed by atoms with Crippen LogP contribution in [0.15, 0.2) is 0 Å². The molecule has 0 saturated carbocycles. The second-order valence-corrected chi connectivity index (χ2v) is 0.874. The Labute approximate surface area is 47.8 Å². The van der Waals surface area contributed by atoms with Crippen LogP contribution in [0.1, 0.15) is 1.43 Å². The summed E-state index contributed by atoms with van der Waals surface area (Å²) in [5.74, 6) is 0. The minimum absolute atomic E-state index is 0. The number of nitrogens with two attached hydrogens (primary N) is 2. The third-order valence-electron chi connectivity index (χ3n) is 0. The third kappa shape index (κ3) is 679. The topological polar surface area (TPSA) is 52.0 Å². The predicted molar refractivity (Wildman–Crippen MR) is 32.4 cm³/mol. The molecule has 0 aliphatic rings. The van der Waals surface area contributed by atoms with Crippen LogP contribution in [-0.4, -0.2) is 5.11 Å². The second kappa shape index (κ2) is 4.17. The smallest absolute Gasteiger partial charge is 0.377 e. The van der Waals surface area contributed by atoms with Gasteiger partial charge in [-0.15, -0.1) is 17.0 Å². The van der Waals surface area contributed by atoms with Crippen molar-refractivity contribution >= 4 is 34.3 Å². The van der Waals surface area contributed by atoms with Crippen LogP contribution in [0.3, 0.4) is 0 Å². The number of rotatable bonds is 0. The summed E-state index contributed by atoms with van der Waals surface area (Å²) >= 11 is 4.09. The molecule has 32 valence electrons. The number of halogens is 1. The fourth-order valence-corrected chi connectivity index (χ4v) is 0. The standard InChI is InChI=1S/CH4N2S.BrH/c2-1(3)4;/h(H4,2,3,4);1H/p+1. The summed E-state index contributed by atoms with van der Waals surface area (Å²) in [7, 11) is 0. The molecule has 0 fully saturated rings. The Bertz CT molecular complexity index is 36.5. The monoisotopic (exact) mass is 157 g/mol. The highest BCUT2D eigenvalue weighted by Gasteiger charge is 1.53. The zero-order valence-corrected chi connectivity index (χ0v) is 5.00. The SMILES string of the molecule is Br.NC(N)=S.[H+]. The van der Waals surface area contributed by atoms with E-state index in [1.165, 1.54) is 0 Å². The van der Waals surface area contributed by atoms with E-state index in [1.807, 2.05) is 0 Å². The quantitative estimate of drug-likeness (QED) is 0.483. The van der Waals surface area contributed by atoms with E-state index >= 15 is 0 Å². The molecule has 0 aromatic carbocycles. The van der Waals surface area contributed by atoms with Gasteiger partial charge < -0.3 is 11.5 Å². The first-order valence-corrected chi connectivity index (χ1v) is 1.19. The highest BCUT2D eigenvalue weighted by Crippen LogP contribution is 1.32. The first-order valence-electron chi connectivity index (χ1n) is 0.781. The molecule has 2 nitrogen and oxygen atoms in total. The van der Waals surface area contributed by atoms with Gasteiger partial charge in [0.15, 0.2) is 5.11 Å². The molecule has 0 amide bonds. The summed E-state index contributed by atoms with van der Waals surface area (Å²) in [5.41, 5.74) is 9.24. The molecule has 4 N–H and O–H groups in total. The summed E-state index contributed by atoms with van der Waals surface area (Å²) in [4.78, 5) is 0. The average molecular weight is 158 g/mol. The minimum Gasteiger partial charge on any atom is -0.377 e. The van der Waals surface area contributed by atoms with Crippen LogP contribution in [0.2, 0.25) is 0 Å². The summed E-state index contributed by atoms with van der Waals surface area (Å²) in [6.07, 6.45) is 0. The average Bonchev–Trinajstić information content (AvgIpc) is 0.811. The van der Waals surface area contributed by atoms with Gasteiger partial charge in [0.2, 0.25) is 0 Å². The third-order valence-corrected chi connectivity index (χ3v) is 0. The Balaban J connectivity index is -0.0000000450. The zero-order chi connectivity index (χ0) is 3.58. The van der Waals surface area contributed by atoms with Crippen molar-refractivity contribution in [2.75, 3.05) is 0 Å². The maximum Gasteiger partial charge on any atom is 1.00 e. The number of thiocarbonyl (C=S) groups is 1. The van der Waals surface area contributed by atoms with Gasteiger partial charge in [0.05, 0.1) is 0 Å². The van der Waals surface area contributed by atoms with Crippen molar-refractivity contribution in [2.24, 2.45) is 11.5 Å². The van der Waals surface area contributed by atoms with E-state index in [1.54, 1.807) is 0 Å². The molecule has 0 aliphatic carbocycles. The highest BCUT2D eigenvalue weighted by atomic mass is 79.9. The molecular formula is CH6BrN2S+. The van der Waals surface area contributed by atoms with Crippen molar-refractivity contribution in [1.82, 2.24) is 0 Å². The molecule has 0 radical (unpaired) electrons. The number of hydrogen-bond donors (Lipinski definition) is 2. The first kappa shape index (κ1) is 8.95. The molecule has 0 saturated heterocycles. The molecule has 4 heteroatoms. The lowest BCUT2D eigenvalue weighted by Gasteiger charge is -1.68. The van der Waals surface area contributed by atoms with E-state index in [4.69, 9.17) is 0 Å². The normalized spacial score (nSPS) is 4.80. The van der Waals surface area contributed by atoms with E-state index in [0.29, 0.717) is 0 Å². The van der Waals surface area contributed by atoms with Gasteiger partial charge in [-0.25, -0.2) is 0 Å². The Morgan fingerprint density at radius 1 is 1.60 bits per heavy atom. The van der Waals surface area contributed by atoms with Gasteiger partial charge in [0, 0.05) is 0 Å². The van der Waals surface area contributed by atoms with Gasteiger partial charge in [0.25, 0.3) is 0 Å². The molecular weight excluding hydrogens is 152 g/mol. The fourth-order valence-electron chi connectivity index (χ4n) is 0. The lowest BCUT2D eigenvalue weighted by molar-refractivity contribution is 1.65. The van der Waals surface area contributed by atoms with E-state index in [2.05, 4.69) is 23.7 Å². The molecule has 5 heavy (non-hydrogen) atoms. The molecule has 0 unspecified atom stereocenters. The van der Waals surface area contributed by atoms with E-state index in [9.17, 15) is 0 Å². The largest absolute Gasteiger partial charge is 1.00 e. The molecule has 0 aromatic rings. The van der Waals surface area contributed by atoms with Crippen LogP contribution in [0, 0.1) is 0 Å². The van der Waals surface area contributed by atoms with Gasteiger partial charge in [-0.1, -0.05) is 0 Å². The molecule has 0 atom stereocenters. The van der Waals surface area contributed by atoms with Gasteiger partial charge in [0.1, 0.15) is 0 Å². The van der Waals surface area contributed by atoms with Gasteiger partial charge in [-0.2, -0.15) is 0 Å². The van der Waals surface area contributed by atoms with Crippen molar-refractivity contribution in [3.05, 3.63) is 0 Å². The Morgan fingerprint density at radius 2 is 1.60 bits per heavy atom. The van der Waals surface area contributed by atoms with Crippen LogP contribution in [0.5, 0.6) is 0 Å². The van der Waals surface area contributed by atoms with Crippen molar-refractivity contribution in [2.45, 2.75) is 0 Å². The Hall–Kier alpha value is 0.170. The summed E-state index contributed by atoms with van der Waals surface area (Å²) < 4.78 is 0. The number of hydrogen-bond acceptors (Lipinski definition) is 1. The first-order chi connectivity index (χ1) is 1.73. The van der Waals surface area contributed by atoms with E-state index in [-0.39, 0.29) is 23.5 Å².